The standard InChI is InChI=1S/C14H15FN2O2/c1-9(2)12-7-13(19-17-12)14(18)16-8-10-3-5-11(15)6-4-10/h3-7,9H,8H2,1-2H3,(H,16,18). The molecule has 100 valence electrons. The van der Waals surface area contributed by atoms with Crippen molar-refractivity contribution in [2.75, 3.05) is 0 Å². The number of nitrogens with one attached hydrogen (secondary N) is 1. The van der Waals surface area contributed by atoms with Gasteiger partial charge in [0.1, 0.15) is 5.82 Å². The van der Waals surface area contributed by atoms with Gasteiger partial charge in [0.2, 0.25) is 5.76 Å². The number of benzene rings is 1. The molecule has 0 radical (unpaired) electrons. The summed E-state index contributed by atoms with van der Waals surface area (Å²) < 4.78 is 17.7. The van der Waals surface area contributed by atoms with Crippen molar-refractivity contribution in [2.24, 2.45) is 0 Å². The van der Waals surface area contributed by atoms with E-state index in [0.29, 0.717) is 6.54 Å². The summed E-state index contributed by atoms with van der Waals surface area (Å²) in [5.74, 6) is -0.233. The van der Waals surface area contributed by atoms with E-state index in [-0.39, 0.29) is 23.4 Å². The second kappa shape index (κ2) is 5.65. The Hall–Kier alpha value is -2.17. The maximum absolute atomic E-state index is 12.7. The minimum absolute atomic E-state index is 0.186. The molecule has 0 spiro atoms. The normalized spacial score (nSPS) is 10.7. The molecular formula is C14H15FN2O2. The lowest BCUT2D eigenvalue weighted by atomic mass is 10.1. The Bertz CT molecular complexity index is 561. The fourth-order valence-corrected chi connectivity index (χ4v) is 1.54. The van der Waals surface area contributed by atoms with Gasteiger partial charge in [-0.3, -0.25) is 4.79 Å². The van der Waals surface area contributed by atoms with E-state index < -0.39 is 0 Å². The van der Waals surface area contributed by atoms with Gasteiger partial charge in [-0.1, -0.05) is 31.1 Å². The highest BCUT2D eigenvalue weighted by Crippen LogP contribution is 2.14. The molecule has 2 aromatic rings. The van der Waals surface area contributed by atoms with Crippen molar-refractivity contribution in [3.05, 3.63) is 53.2 Å². The first kappa shape index (κ1) is 13.3. The number of hydrogen-bond acceptors (Lipinski definition) is 3. The fourth-order valence-electron chi connectivity index (χ4n) is 1.54. The van der Waals surface area contributed by atoms with E-state index in [2.05, 4.69) is 10.5 Å². The molecule has 0 aliphatic carbocycles. The predicted octanol–water partition coefficient (Wildman–Crippen LogP) is 2.87. The first-order chi connectivity index (χ1) is 9.06. The monoisotopic (exact) mass is 262 g/mol. The van der Waals surface area contributed by atoms with E-state index in [1.54, 1.807) is 18.2 Å². The third kappa shape index (κ3) is 3.40. The molecule has 5 heteroatoms. The highest BCUT2D eigenvalue weighted by Gasteiger charge is 2.14. The van der Waals surface area contributed by atoms with Gasteiger partial charge in [0.15, 0.2) is 0 Å². The third-order valence-corrected chi connectivity index (χ3v) is 2.71. The third-order valence-electron chi connectivity index (χ3n) is 2.71. The topological polar surface area (TPSA) is 55.1 Å². The molecule has 1 aromatic carbocycles. The quantitative estimate of drug-likeness (QED) is 0.921. The van der Waals surface area contributed by atoms with Crippen LogP contribution in [0.4, 0.5) is 4.39 Å². The Balaban J connectivity index is 1.95. The summed E-state index contributed by atoms with van der Waals surface area (Å²) in [5, 5.41) is 6.51. The van der Waals surface area contributed by atoms with Gasteiger partial charge in [-0.25, -0.2) is 4.39 Å². The molecule has 1 amide bonds. The first-order valence-electron chi connectivity index (χ1n) is 6.05. The highest BCUT2D eigenvalue weighted by atomic mass is 19.1. The van der Waals surface area contributed by atoms with Crippen molar-refractivity contribution in [1.82, 2.24) is 10.5 Å². The summed E-state index contributed by atoms with van der Waals surface area (Å²) in [4.78, 5) is 11.8. The number of amides is 1. The molecule has 19 heavy (non-hydrogen) atoms. The van der Waals surface area contributed by atoms with Crippen molar-refractivity contribution in [3.8, 4) is 0 Å². The zero-order valence-corrected chi connectivity index (χ0v) is 10.8. The number of hydrogen-bond donors (Lipinski definition) is 1. The molecule has 0 aliphatic rings. The van der Waals surface area contributed by atoms with Gasteiger partial charge in [0.25, 0.3) is 5.91 Å². The Morgan fingerprint density at radius 3 is 2.63 bits per heavy atom. The molecule has 0 unspecified atom stereocenters. The second-order valence-electron chi connectivity index (χ2n) is 4.58. The van der Waals surface area contributed by atoms with Crippen LogP contribution in [0.25, 0.3) is 0 Å². The summed E-state index contributed by atoms with van der Waals surface area (Å²) in [6.07, 6.45) is 0. The average Bonchev–Trinajstić information content (AvgIpc) is 2.87. The number of nitrogens with zero attached hydrogens (tertiary/aromatic N) is 1. The van der Waals surface area contributed by atoms with Crippen molar-refractivity contribution < 1.29 is 13.7 Å². The van der Waals surface area contributed by atoms with Gasteiger partial charge in [-0.15, -0.1) is 0 Å². The van der Waals surface area contributed by atoms with Crippen molar-refractivity contribution in [3.63, 3.8) is 0 Å². The van der Waals surface area contributed by atoms with Crippen LogP contribution in [0.3, 0.4) is 0 Å². The largest absolute Gasteiger partial charge is 0.351 e. The first-order valence-corrected chi connectivity index (χ1v) is 6.05. The van der Waals surface area contributed by atoms with Gasteiger partial charge in [0.05, 0.1) is 5.69 Å². The number of carbonyl (C=O) groups is 1. The predicted molar refractivity (Wildman–Crippen MR) is 68.2 cm³/mol. The van der Waals surface area contributed by atoms with Crippen LogP contribution in [0.15, 0.2) is 34.9 Å². The molecule has 0 fully saturated rings. The molecule has 0 saturated heterocycles. The lowest BCUT2D eigenvalue weighted by Crippen LogP contribution is -2.22. The summed E-state index contributed by atoms with van der Waals surface area (Å²) in [7, 11) is 0. The Labute approximate surface area is 110 Å². The summed E-state index contributed by atoms with van der Waals surface area (Å²) >= 11 is 0. The molecule has 0 bridgehead atoms. The SMILES string of the molecule is CC(C)c1cc(C(=O)NCc2ccc(F)cc2)on1. The smallest absolute Gasteiger partial charge is 0.290 e. The second-order valence-corrected chi connectivity index (χ2v) is 4.58. The molecule has 2 rings (SSSR count). The summed E-state index contributed by atoms with van der Waals surface area (Å²) in [6, 6.07) is 7.58. The summed E-state index contributed by atoms with van der Waals surface area (Å²) in [5.41, 5.74) is 1.56. The average molecular weight is 262 g/mol. The molecule has 0 saturated carbocycles. The van der Waals surface area contributed by atoms with Crippen LogP contribution in [0.2, 0.25) is 0 Å². The van der Waals surface area contributed by atoms with Crippen LogP contribution >= 0.6 is 0 Å². The van der Waals surface area contributed by atoms with Crippen molar-refractivity contribution in [2.45, 2.75) is 26.3 Å². The maximum Gasteiger partial charge on any atom is 0.290 e. The minimum atomic E-state index is -0.330. The lowest BCUT2D eigenvalue weighted by molar-refractivity contribution is 0.0914. The summed E-state index contributed by atoms with van der Waals surface area (Å²) in [6.45, 7) is 4.26. The van der Waals surface area contributed by atoms with Gasteiger partial charge in [0, 0.05) is 12.6 Å². The molecule has 1 N–H and O–H groups in total. The van der Waals surface area contributed by atoms with Crippen LogP contribution in [0.1, 0.15) is 41.6 Å². The molecule has 1 heterocycles. The van der Waals surface area contributed by atoms with Crippen molar-refractivity contribution in [1.29, 1.82) is 0 Å². The van der Waals surface area contributed by atoms with Gasteiger partial charge in [-0.05, 0) is 23.6 Å². The van der Waals surface area contributed by atoms with E-state index in [4.69, 9.17) is 4.52 Å². The molecule has 0 aliphatic heterocycles. The number of aromatic nitrogens is 1. The van der Waals surface area contributed by atoms with Gasteiger partial charge < -0.3 is 9.84 Å². The van der Waals surface area contributed by atoms with Crippen LogP contribution in [0.5, 0.6) is 0 Å². The molecule has 4 nitrogen and oxygen atoms in total. The van der Waals surface area contributed by atoms with Gasteiger partial charge in [-0.2, -0.15) is 0 Å². The number of rotatable bonds is 4. The van der Waals surface area contributed by atoms with Crippen LogP contribution in [0, 0.1) is 5.82 Å². The highest BCUT2D eigenvalue weighted by molar-refractivity contribution is 5.91. The van der Waals surface area contributed by atoms with E-state index >= 15 is 0 Å². The minimum Gasteiger partial charge on any atom is -0.351 e. The van der Waals surface area contributed by atoms with Crippen LogP contribution in [-0.2, 0) is 6.54 Å². The number of carbonyl (C=O) groups excluding carboxylic acids is 1. The Kier molecular flexibility index (Phi) is 3.94. The van der Waals surface area contributed by atoms with Crippen LogP contribution < -0.4 is 5.32 Å². The Morgan fingerprint density at radius 2 is 2.05 bits per heavy atom. The van der Waals surface area contributed by atoms with Crippen LogP contribution in [-0.4, -0.2) is 11.1 Å². The zero-order chi connectivity index (χ0) is 13.8. The molecular weight excluding hydrogens is 247 g/mol. The van der Waals surface area contributed by atoms with E-state index in [0.717, 1.165) is 11.3 Å². The van der Waals surface area contributed by atoms with Gasteiger partial charge >= 0.3 is 0 Å². The van der Waals surface area contributed by atoms with Crippen molar-refractivity contribution >= 4 is 5.91 Å². The zero-order valence-electron chi connectivity index (χ0n) is 10.8. The number of halogens is 1. The van der Waals surface area contributed by atoms with E-state index in [1.807, 2.05) is 13.8 Å². The Morgan fingerprint density at radius 1 is 1.37 bits per heavy atom. The molecule has 1 aromatic heterocycles. The van der Waals surface area contributed by atoms with E-state index in [1.165, 1.54) is 12.1 Å². The molecule has 0 atom stereocenters. The van der Waals surface area contributed by atoms with E-state index in [9.17, 15) is 9.18 Å². The maximum atomic E-state index is 12.7. The fraction of sp³-hybridized carbons (Fsp3) is 0.286. The lowest BCUT2D eigenvalue weighted by Gasteiger charge is -2.02.